The molecule has 6 rings (SSSR count). The van der Waals surface area contributed by atoms with Crippen LogP contribution >= 0.6 is 11.8 Å². The molecule has 0 saturated heterocycles. The van der Waals surface area contributed by atoms with Crippen LogP contribution in [0.3, 0.4) is 0 Å². The fourth-order valence-corrected chi connectivity index (χ4v) is 6.86. The summed E-state index contributed by atoms with van der Waals surface area (Å²) in [7, 11) is 0. The van der Waals surface area contributed by atoms with Gasteiger partial charge in [0.2, 0.25) is 5.82 Å². The number of hydrogen-bond donors (Lipinski definition) is 3. The van der Waals surface area contributed by atoms with Gasteiger partial charge in [-0.05, 0) is 63.3 Å². The third-order valence-electron chi connectivity index (χ3n) is 8.05. The molecule has 0 bridgehead atoms. The lowest BCUT2D eigenvalue weighted by molar-refractivity contribution is -0.136. The molecule has 0 unspecified atom stereocenters. The molecule has 7 nitrogen and oxygen atoms in total. The number of nitrogens with one attached hydrogen (secondary N) is 2. The number of ether oxygens (including phenoxy) is 2. The van der Waals surface area contributed by atoms with Crippen molar-refractivity contribution in [3.63, 3.8) is 0 Å². The Morgan fingerprint density at radius 1 is 1.14 bits per heavy atom. The van der Waals surface area contributed by atoms with Crippen LogP contribution < -0.4 is 9.47 Å². The number of fused-ring (bicyclic) bond motifs is 2. The number of carboxylic acids is 1. The van der Waals surface area contributed by atoms with E-state index in [9.17, 15) is 14.3 Å². The minimum Gasteiger partial charge on any atom is -0.487 e. The Kier molecular flexibility index (Phi) is 7.39. The molecule has 5 aromatic rings. The second kappa shape index (κ2) is 11.0. The van der Waals surface area contributed by atoms with E-state index in [-0.39, 0.29) is 34.8 Å². The summed E-state index contributed by atoms with van der Waals surface area (Å²) in [4.78, 5) is 22.2. The van der Waals surface area contributed by atoms with Gasteiger partial charge in [-0.3, -0.25) is 4.79 Å². The number of rotatable bonds is 8. The summed E-state index contributed by atoms with van der Waals surface area (Å²) in [5.74, 6) is -2.99. The first-order chi connectivity index (χ1) is 20.9. The number of H-pyrrole nitrogens is 2. The van der Waals surface area contributed by atoms with E-state index in [1.807, 2.05) is 39.0 Å². The monoisotopic (exact) mass is 621 g/mol. The van der Waals surface area contributed by atoms with Crippen LogP contribution in [0.5, 0.6) is 17.2 Å². The molecule has 3 aromatic carbocycles. The van der Waals surface area contributed by atoms with Crippen LogP contribution in [-0.2, 0) is 16.6 Å². The smallest absolute Gasteiger partial charge is 0.303 e. The van der Waals surface area contributed by atoms with Gasteiger partial charge in [-0.25, -0.2) is 13.8 Å². The predicted octanol–water partition coefficient (Wildman–Crippen LogP) is 8.37. The van der Waals surface area contributed by atoms with Crippen LogP contribution in [0.15, 0.2) is 59.8 Å². The van der Waals surface area contributed by atoms with Gasteiger partial charge < -0.3 is 24.5 Å². The summed E-state index contributed by atoms with van der Waals surface area (Å²) in [5.41, 5.74) is 1.28. The SMILES string of the molecule is CSc1c(Oc2ccc(F)c(-c3ncc([C@@]4(C)CC(C)(C)Oc5c(CCC(=O)O)cccc54)[nH]3)c2)c(F)c(F)c2[nH]ccc12. The second-order valence-electron chi connectivity index (χ2n) is 11.7. The molecule has 0 saturated carbocycles. The highest BCUT2D eigenvalue weighted by atomic mass is 32.2. The molecule has 1 aliphatic heterocycles. The number of hydrogen-bond acceptors (Lipinski definition) is 5. The van der Waals surface area contributed by atoms with Gasteiger partial charge in [-0.2, -0.15) is 4.39 Å². The van der Waals surface area contributed by atoms with Gasteiger partial charge in [-0.1, -0.05) is 18.2 Å². The summed E-state index contributed by atoms with van der Waals surface area (Å²) < 4.78 is 57.4. The van der Waals surface area contributed by atoms with Crippen LogP contribution in [0.4, 0.5) is 13.2 Å². The normalized spacial score (nSPS) is 17.3. The average molecular weight is 622 g/mol. The molecule has 2 aromatic heterocycles. The Labute approximate surface area is 255 Å². The quantitative estimate of drug-likeness (QED) is 0.151. The van der Waals surface area contributed by atoms with Crippen molar-refractivity contribution in [2.24, 2.45) is 0 Å². The standard InChI is InChI=1S/C33H30F3N3O4S/c1-32(2)16-33(3,21-7-5-6-17(28(21)43-32)8-11-24(40)41)23-15-38-31(39-23)20-14-18(9-10-22(20)34)42-29-26(36)25(35)27-19(12-13-37-27)30(29)44-4/h5-7,9-10,12-15,37H,8,11,16H2,1-4H3,(H,38,39)(H,40,41)/t33-/m0/s1. The molecule has 0 aliphatic carbocycles. The second-order valence-corrected chi connectivity index (χ2v) is 12.5. The molecule has 0 spiro atoms. The van der Waals surface area contributed by atoms with Gasteiger partial charge in [0.15, 0.2) is 11.6 Å². The van der Waals surface area contributed by atoms with E-state index in [0.29, 0.717) is 34.6 Å². The van der Waals surface area contributed by atoms with E-state index in [1.165, 1.54) is 36.2 Å². The van der Waals surface area contributed by atoms with E-state index < -0.39 is 34.4 Å². The van der Waals surface area contributed by atoms with Crippen molar-refractivity contribution in [3.8, 4) is 28.6 Å². The van der Waals surface area contributed by atoms with Gasteiger partial charge >= 0.3 is 5.97 Å². The number of thioether (sulfide) groups is 1. The van der Waals surface area contributed by atoms with Crippen molar-refractivity contribution in [2.75, 3.05) is 6.26 Å². The van der Waals surface area contributed by atoms with Crippen molar-refractivity contribution in [2.45, 2.75) is 55.9 Å². The highest BCUT2D eigenvalue weighted by Gasteiger charge is 2.45. The number of aryl methyl sites for hydroxylation is 1. The molecule has 1 atom stereocenters. The first-order valence-electron chi connectivity index (χ1n) is 14.0. The maximum atomic E-state index is 15.2. The lowest BCUT2D eigenvalue weighted by Gasteiger charge is -2.44. The fraction of sp³-hybridized carbons (Fsp3) is 0.273. The largest absolute Gasteiger partial charge is 0.487 e. The maximum absolute atomic E-state index is 15.2. The minimum absolute atomic E-state index is 0.0309. The predicted molar refractivity (Wildman–Crippen MR) is 162 cm³/mol. The van der Waals surface area contributed by atoms with E-state index in [4.69, 9.17) is 9.47 Å². The molecule has 3 heterocycles. The van der Waals surface area contributed by atoms with Crippen molar-refractivity contribution < 1.29 is 32.5 Å². The van der Waals surface area contributed by atoms with Crippen LogP contribution in [-0.4, -0.2) is 37.9 Å². The first kappa shape index (κ1) is 29.7. The third kappa shape index (κ3) is 5.08. The summed E-state index contributed by atoms with van der Waals surface area (Å²) in [6.07, 6.45) is 5.76. The highest BCUT2D eigenvalue weighted by Crippen LogP contribution is 2.50. The van der Waals surface area contributed by atoms with Gasteiger partial charge in [0.25, 0.3) is 0 Å². The molecule has 1 aliphatic rings. The molecular formula is C33H30F3N3O4S. The Morgan fingerprint density at radius 2 is 1.93 bits per heavy atom. The number of halogens is 3. The first-order valence-corrected chi connectivity index (χ1v) is 15.2. The van der Waals surface area contributed by atoms with Crippen molar-refractivity contribution >= 4 is 28.6 Å². The lowest BCUT2D eigenvalue weighted by Crippen LogP contribution is -2.44. The number of aromatic nitrogens is 3. The van der Waals surface area contributed by atoms with E-state index >= 15 is 8.78 Å². The Balaban J connectivity index is 1.38. The van der Waals surface area contributed by atoms with Crippen LogP contribution in [0.2, 0.25) is 0 Å². The molecule has 0 radical (unpaired) electrons. The molecule has 228 valence electrons. The van der Waals surface area contributed by atoms with Crippen molar-refractivity contribution in [1.82, 2.24) is 15.0 Å². The Morgan fingerprint density at radius 3 is 2.68 bits per heavy atom. The molecule has 0 fully saturated rings. The van der Waals surface area contributed by atoms with E-state index in [2.05, 4.69) is 15.0 Å². The maximum Gasteiger partial charge on any atom is 0.303 e. The average Bonchev–Trinajstić information content (AvgIpc) is 3.66. The topological polar surface area (TPSA) is 100 Å². The van der Waals surface area contributed by atoms with Crippen LogP contribution in [0.1, 0.15) is 50.4 Å². The molecule has 44 heavy (non-hydrogen) atoms. The number of carboxylic acid groups (broad SMARTS) is 1. The molecular weight excluding hydrogens is 591 g/mol. The summed E-state index contributed by atoms with van der Waals surface area (Å²) in [5, 5.41) is 9.73. The number of aliphatic carboxylic acids is 1. The zero-order valence-corrected chi connectivity index (χ0v) is 25.3. The van der Waals surface area contributed by atoms with Crippen LogP contribution in [0.25, 0.3) is 22.3 Å². The zero-order valence-electron chi connectivity index (χ0n) is 24.5. The van der Waals surface area contributed by atoms with Crippen LogP contribution in [0, 0.1) is 17.5 Å². The number of aromatic amines is 2. The van der Waals surface area contributed by atoms with Gasteiger partial charge in [0.05, 0.1) is 16.0 Å². The number of carbonyl (C=O) groups is 1. The highest BCUT2D eigenvalue weighted by molar-refractivity contribution is 7.99. The minimum atomic E-state index is -1.15. The molecule has 3 N–H and O–H groups in total. The molecule has 0 amide bonds. The number of nitrogens with zero attached hydrogens (tertiary/aromatic N) is 1. The summed E-state index contributed by atoms with van der Waals surface area (Å²) in [6.45, 7) is 5.98. The van der Waals surface area contributed by atoms with E-state index in [1.54, 1.807) is 18.5 Å². The Hall–Kier alpha value is -4.38. The molecule has 11 heteroatoms. The summed E-state index contributed by atoms with van der Waals surface area (Å²) >= 11 is 1.21. The van der Waals surface area contributed by atoms with Gasteiger partial charge in [0.1, 0.15) is 28.7 Å². The summed E-state index contributed by atoms with van der Waals surface area (Å²) in [6, 6.07) is 11.3. The van der Waals surface area contributed by atoms with Gasteiger partial charge in [-0.15, -0.1) is 11.8 Å². The van der Waals surface area contributed by atoms with E-state index in [0.717, 1.165) is 11.1 Å². The van der Waals surface area contributed by atoms with Crippen molar-refractivity contribution in [1.29, 1.82) is 0 Å². The van der Waals surface area contributed by atoms with Gasteiger partial charge in [0, 0.05) is 47.3 Å². The lowest BCUT2D eigenvalue weighted by atomic mass is 9.69. The zero-order chi connectivity index (χ0) is 31.4. The third-order valence-corrected chi connectivity index (χ3v) is 8.87. The number of imidazole rings is 1. The number of benzene rings is 3. The Bertz CT molecular complexity index is 1920. The fourth-order valence-electron chi connectivity index (χ4n) is 6.15. The number of para-hydroxylation sites is 1. The van der Waals surface area contributed by atoms with Crippen molar-refractivity contribution in [3.05, 3.63) is 89.1 Å².